The summed E-state index contributed by atoms with van der Waals surface area (Å²) >= 11 is 0. The Hall–Kier alpha value is -3.09. The van der Waals surface area contributed by atoms with Gasteiger partial charge in [-0.1, -0.05) is 6.07 Å². The van der Waals surface area contributed by atoms with Crippen molar-refractivity contribution < 1.29 is 14.3 Å². The number of aryl methyl sites for hydroxylation is 1. The van der Waals surface area contributed by atoms with E-state index in [-0.39, 0.29) is 17.6 Å². The number of nitrogens with one attached hydrogen (secondary N) is 1. The van der Waals surface area contributed by atoms with Gasteiger partial charge in [0.2, 0.25) is 5.91 Å². The first-order chi connectivity index (χ1) is 11.9. The lowest BCUT2D eigenvalue weighted by atomic mass is 10.2. The third-order valence-corrected chi connectivity index (χ3v) is 3.19. The zero-order chi connectivity index (χ0) is 18.4. The maximum absolute atomic E-state index is 12.0. The Kier molecular flexibility index (Phi) is 5.94. The fraction of sp³-hybridized carbons (Fsp3) is 0.278. The van der Waals surface area contributed by atoms with E-state index in [1.165, 1.54) is 25.3 Å². The number of carbonyl (C=O) groups is 1. The van der Waals surface area contributed by atoms with Crippen LogP contribution in [-0.4, -0.2) is 28.9 Å². The molecule has 1 aromatic heterocycles. The smallest absolute Gasteiger partial charge is 0.266 e. The van der Waals surface area contributed by atoms with Crippen molar-refractivity contribution in [3.05, 3.63) is 52.3 Å². The number of methoxy groups -OCH3 is 1. The summed E-state index contributed by atoms with van der Waals surface area (Å²) in [5, 5.41) is 6.53. The molecule has 0 saturated heterocycles. The van der Waals surface area contributed by atoms with E-state index >= 15 is 0 Å². The second kappa shape index (κ2) is 8.14. The monoisotopic (exact) mass is 343 g/mol. The molecule has 1 aromatic carbocycles. The normalized spacial score (nSPS) is 10.9. The third kappa shape index (κ3) is 5.20. The fourth-order valence-corrected chi connectivity index (χ4v) is 2.05. The Morgan fingerprint density at radius 3 is 2.64 bits per heavy atom. The average Bonchev–Trinajstić information content (AvgIpc) is 2.57. The third-order valence-electron chi connectivity index (χ3n) is 3.19. The summed E-state index contributed by atoms with van der Waals surface area (Å²) in [6, 6.07) is 8.20. The van der Waals surface area contributed by atoms with Crippen LogP contribution in [0.25, 0.3) is 6.08 Å². The molecule has 7 heteroatoms. The van der Waals surface area contributed by atoms with Crippen molar-refractivity contribution in [2.24, 2.45) is 7.05 Å². The van der Waals surface area contributed by atoms with E-state index in [1.54, 1.807) is 25.3 Å². The molecule has 25 heavy (non-hydrogen) atoms. The van der Waals surface area contributed by atoms with E-state index in [0.717, 1.165) is 10.2 Å². The van der Waals surface area contributed by atoms with E-state index in [0.29, 0.717) is 17.3 Å². The fourth-order valence-electron chi connectivity index (χ4n) is 2.05. The number of nitrogens with zero attached hydrogens (tertiary/aromatic N) is 2. The number of aromatic nitrogens is 2. The summed E-state index contributed by atoms with van der Waals surface area (Å²) in [6.45, 7) is 3.87. The Morgan fingerprint density at radius 1 is 1.24 bits per heavy atom. The molecule has 1 N–H and O–H groups in total. The van der Waals surface area contributed by atoms with Gasteiger partial charge in [0, 0.05) is 19.2 Å². The molecular formula is C18H21N3O4. The molecular weight excluding hydrogens is 322 g/mol. The Labute approximate surface area is 145 Å². The van der Waals surface area contributed by atoms with Gasteiger partial charge in [0.15, 0.2) is 17.3 Å². The molecule has 1 amide bonds. The van der Waals surface area contributed by atoms with E-state index in [9.17, 15) is 9.59 Å². The zero-order valence-electron chi connectivity index (χ0n) is 14.6. The molecule has 0 aliphatic rings. The number of rotatable bonds is 6. The van der Waals surface area contributed by atoms with E-state index < -0.39 is 0 Å². The predicted molar refractivity (Wildman–Crippen MR) is 95.9 cm³/mol. The second-order valence-corrected chi connectivity index (χ2v) is 5.58. The molecule has 0 spiro atoms. The first-order valence-corrected chi connectivity index (χ1v) is 7.77. The van der Waals surface area contributed by atoms with Gasteiger partial charge in [-0.2, -0.15) is 5.10 Å². The quantitative estimate of drug-likeness (QED) is 0.813. The first-order valence-electron chi connectivity index (χ1n) is 7.77. The summed E-state index contributed by atoms with van der Waals surface area (Å²) in [4.78, 5) is 23.2. The maximum Gasteiger partial charge on any atom is 0.266 e. The summed E-state index contributed by atoms with van der Waals surface area (Å²) in [6.07, 6.45) is 3.07. The van der Waals surface area contributed by atoms with Crippen LogP contribution < -0.4 is 20.3 Å². The van der Waals surface area contributed by atoms with E-state index in [1.807, 2.05) is 19.9 Å². The van der Waals surface area contributed by atoms with Crippen LogP contribution in [-0.2, 0) is 11.8 Å². The van der Waals surface area contributed by atoms with Crippen molar-refractivity contribution in [3.8, 4) is 11.5 Å². The molecule has 1 heterocycles. The number of anilines is 1. The molecule has 132 valence electrons. The van der Waals surface area contributed by atoms with Crippen molar-refractivity contribution in [2.45, 2.75) is 20.0 Å². The lowest BCUT2D eigenvalue weighted by Crippen LogP contribution is -2.20. The van der Waals surface area contributed by atoms with Gasteiger partial charge in [-0.05, 0) is 43.7 Å². The Morgan fingerprint density at radius 2 is 2.00 bits per heavy atom. The van der Waals surface area contributed by atoms with E-state index in [2.05, 4.69) is 10.4 Å². The van der Waals surface area contributed by atoms with Crippen LogP contribution in [0.4, 0.5) is 5.82 Å². The van der Waals surface area contributed by atoms with Crippen molar-refractivity contribution >= 4 is 17.8 Å². The highest BCUT2D eigenvalue weighted by Gasteiger charge is 2.07. The van der Waals surface area contributed by atoms with Gasteiger partial charge in [-0.25, -0.2) is 4.68 Å². The molecule has 2 aromatic rings. The van der Waals surface area contributed by atoms with Crippen LogP contribution in [0.15, 0.2) is 41.2 Å². The van der Waals surface area contributed by atoms with Gasteiger partial charge >= 0.3 is 0 Å². The Bertz CT molecular complexity index is 840. The van der Waals surface area contributed by atoms with Crippen LogP contribution in [0.5, 0.6) is 11.5 Å². The largest absolute Gasteiger partial charge is 0.493 e. The zero-order valence-corrected chi connectivity index (χ0v) is 14.6. The first kappa shape index (κ1) is 18.3. The van der Waals surface area contributed by atoms with Crippen LogP contribution in [0, 0.1) is 0 Å². The molecule has 0 atom stereocenters. The van der Waals surface area contributed by atoms with Crippen molar-refractivity contribution in [1.29, 1.82) is 0 Å². The molecule has 0 unspecified atom stereocenters. The van der Waals surface area contributed by atoms with E-state index in [4.69, 9.17) is 9.47 Å². The summed E-state index contributed by atoms with van der Waals surface area (Å²) in [7, 11) is 3.08. The number of ether oxygens (including phenoxy) is 2. The lowest BCUT2D eigenvalue weighted by Gasteiger charge is -2.13. The maximum atomic E-state index is 12.0. The minimum absolute atomic E-state index is 0.0374. The number of benzene rings is 1. The molecule has 0 aliphatic heterocycles. The van der Waals surface area contributed by atoms with Gasteiger partial charge in [0.25, 0.3) is 5.56 Å². The molecule has 0 bridgehead atoms. The van der Waals surface area contributed by atoms with Crippen molar-refractivity contribution in [3.63, 3.8) is 0 Å². The van der Waals surface area contributed by atoms with Crippen molar-refractivity contribution in [1.82, 2.24) is 9.78 Å². The van der Waals surface area contributed by atoms with Crippen LogP contribution in [0.2, 0.25) is 0 Å². The van der Waals surface area contributed by atoms with Gasteiger partial charge in [0.1, 0.15) is 0 Å². The molecule has 0 radical (unpaired) electrons. The number of hydrogen-bond donors (Lipinski definition) is 1. The number of hydrogen-bond acceptors (Lipinski definition) is 5. The average molecular weight is 343 g/mol. The standard InChI is InChI=1S/C18H21N3O4/c1-12(2)25-14-7-5-13(11-15(14)24-4)6-9-17(22)19-16-8-10-18(23)21(3)20-16/h5-12H,1-4H3,(H,19,20,22). The molecule has 0 saturated carbocycles. The highest BCUT2D eigenvalue weighted by Crippen LogP contribution is 2.29. The predicted octanol–water partition coefficient (Wildman–Crippen LogP) is 2.23. The topological polar surface area (TPSA) is 82.5 Å². The van der Waals surface area contributed by atoms with Gasteiger partial charge in [-0.3, -0.25) is 9.59 Å². The van der Waals surface area contributed by atoms with Gasteiger partial charge in [-0.15, -0.1) is 0 Å². The highest BCUT2D eigenvalue weighted by molar-refractivity contribution is 6.01. The molecule has 0 aliphatic carbocycles. The van der Waals surface area contributed by atoms with Crippen molar-refractivity contribution in [2.75, 3.05) is 12.4 Å². The van der Waals surface area contributed by atoms with Crippen LogP contribution >= 0.6 is 0 Å². The SMILES string of the molecule is COc1cc(C=CC(=O)Nc2ccc(=O)n(C)n2)ccc1OC(C)C. The molecule has 7 nitrogen and oxygen atoms in total. The Balaban J connectivity index is 2.08. The lowest BCUT2D eigenvalue weighted by molar-refractivity contribution is -0.111. The van der Waals surface area contributed by atoms with Gasteiger partial charge < -0.3 is 14.8 Å². The molecule has 0 fully saturated rings. The van der Waals surface area contributed by atoms with Crippen LogP contribution in [0.3, 0.4) is 0 Å². The summed E-state index contributed by atoms with van der Waals surface area (Å²) < 4.78 is 12.1. The second-order valence-electron chi connectivity index (χ2n) is 5.58. The summed E-state index contributed by atoms with van der Waals surface area (Å²) in [5.41, 5.74) is 0.542. The number of carbonyl (C=O) groups excluding carboxylic acids is 1. The van der Waals surface area contributed by atoms with Crippen LogP contribution in [0.1, 0.15) is 19.4 Å². The molecule has 2 rings (SSSR count). The van der Waals surface area contributed by atoms with Gasteiger partial charge in [0.05, 0.1) is 13.2 Å². The highest BCUT2D eigenvalue weighted by atomic mass is 16.5. The minimum Gasteiger partial charge on any atom is -0.493 e. The summed E-state index contributed by atoms with van der Waals surface area (Å²) in [5.74, 6) is 1.19. The minimum atomic E-state index is -0.354. The number of amides is 1.